The summed E-state index contributed by atoms with van der Waals surface area (Å²) in [6, 6.07) is 7.41. The van der Waals surface area contributed by atoms with Gasteiger partial charge in [0.05, 0.1) is 21.1 Å². The van der Waals surface area contributed by atoms with Gasteiger partial charge < -0.3 is 0 Å². The lowest BCUT2D eigenvalue weighted by Gasteiger charge is -2.13. The van der Waals surface area contributed by atoms with Gasteiger partial charge in [0.15, 0.2) is 5.65 Å². The van der Waals surface area contributed by atoms with E-state index < -0.39 is 0 Å². The quantitative estimate of drug-likeness (QED) is 0.399. The Morgan fingerprint density at radius 3 is 2.67 bits per heavy atom. The number of hydrogen-bond donors (Lipinski definition) is 0. The van der Waals surface area contributed by atoms with Gasteiger partial charge >= 0.3 is 0 Å². The summed E-state index contributed by atoms with van der Waals surface area (Å²) in [5.74, 6) is 0.672. The number of aromatic nitrogens is 3. The molecule has 1 unspecified atom stereocenters. The average Bonchev–Trinajstić information content (AvgIpc) is 2.85. The van der Waals surface area contributed by atoms with Crippen LogP contribution in [0.25, 0.3) is 16.9 Å². The standard InChI is InChI=1S/C14H9BrCl3N3/c1-7(16)13-20-9-3-2-6-19-14(9)21(13)10-5-4-8(15)11(17)12(10)18/h2-7H,1H3. The summed E-state index contributed by atoms with van der Waals surface area (Å²) in [7, 11) is 0. The zero-order valence-corrected chi connectivity index (χ0v) is 14.7. The van der Waals surface area contributed by atoms with Crippen molar-refractivity contribution < 1.29 is 0 Å². The first-order valence-corrected chi connectivity index (χ1v) is 8.10. The number of imidazole rings is 1. The molecule has 0 N–H and O–H groups in total. The van der Waals surface area contributed by atoms with Crippen LogP contribution in [0.2, 0.25) is 10.0 Å². The van der Waals surface area contributed by atoms with E-state index in [1.807, 2.05) is 35.8 Å². The number of nitrogens with zero attached hydrogens (tertiary/aromatic N) is 3. The second-order valence-electron chi connectivity index (χ2n) is 4.46. The van der Waals surface area contributed by atoms with E-state index in [0.717, 1.165) is 9.99 Å². The third kappa shape index (κ3) is 2.55. The maximum atomic E-state index is 6.39. The number of rotatable bonds is 2. The molecular formula is C14H9BrCl3N3. The van der Waals surface area contributed by atoms with Crippen molar-refractivity contribution in [3.05, 3.63) is 50.8 Å². The van der Waals surface area contributed by atoms with Gasteiger partial charge in [-0.3, -0.25) is 4.57 Å². The molecule has 0 aliphatic rings. The van der Waals surface area contributed by atoms with Gasteiger partial charge in [0, 0.05) is 10.7 Å². The normalized spacial score (nSPS) is 12.8. The number of alkyl halides is 1. The predicted octanol–water partition coefficient (Wildman–Crippen LogP) is 5.79. The predicted molar refractivity (Wildman–Crippen MR) is 90.9 cm³/mol. The van der Waals surface area contributed by atoms with Crippen LogP contribution >= 0.6 is 50.7 Å². The molecule has 2 heterocycles. The van der Waals surface area contributed by atoms with E-state index >= 15 is 0 Å². The van der Waals surface area contributed by atoms with Crippen molar-refractivity contribution in [2.75, 3.05) is 0 Å². The molecule has 1 aromatic carbocycles. The van der Waals surface area contributed by atoms with E-state index in [2.05, 4.69) is 25.9 Å². The van der Waals surface area contributed by atoms with E-state index in [4.69, 9.17) is 34.8 Å². The molecule has 3 aromatic rings. The highest BCUT2D eigenvalue weighted by atomic mass is 79.9. The van der Waals surface area contributed by atoms with Gasteiger partial charge in [0.25, 0.3) is 0 Å². The van der Waals surface area contributed by atoms with Gasteiger partial charge in [-0.15, -0.1) is 11.6 Å². The van der Waals surface area contributed by atoms with Gasteiger partial charge in [-0.2, -0.15) is 0 Å². The maximum absolute atomic E-state index is 6.39. The van der Waals surface area contributed by atoms with Crippen LogP contribution in [0.4, 0.5) is 0 Å². The number of pyridine rings is 1. The fraction of sp³-hybridized carbons (Fsp3) is 0.143. The van der Waals surface area contributed by atoms with E-state index in [1.54, 1.807) is 6.20 Å². The van der Waals surface area contributed by atoms with Crippen LogP contribution in [0.15, 0.2) is 34.9 Å². The molecule has 0 saturated heterocycles. The van der Waals surface area contributed by atoms with Gasteiger partial charge in [0.1, 0.15) is 11.3 Å². The van der Waals surface area contributed by atoms with Crippen molar-refractivity contribution in [1.29, 1.82) is 0 Å². The van der Waals surface area contributed by atoms with Crippen LogP contribution < -0.4 is 0 Å². The fourth-order valence-corrected chi connectivity index (χ4v) is 3.12. The number of benzene rings is 1. The van der Waals surface area contributed by atoms with Crippen molar-refractivity contribution >= 4 is 61.9 Å². The van der Waals surface area contributed by atoms with Crippen molar-refractivity contribution in [2.24, 2.45) is 0 Å². The molecule has 3 rings (SSSR count). The lowest BCUT2D eigenvalue weighted by Crippen LogP contribution is -2.03. The summed E-state index contributed by atoms with van der Waals surface area (Å²) in [5.41, 5.74) is 2.16. The minimum Gasteiger partial charge on any atom is -0.278 e. The molecule has 108 valence electrons. The summed E-state index contributed by atoms with van der Waals surface area (Å²) in [6.07, 6.45) is 1.71. The van der Waals surface area contributed by atoms with Gasteiger partial charge in [-0.1, -0.05) is 23.2 Å². The van der Waals surface area contributed by atoms with Gasteiger partial charge in [-0.25, -0.2) is 9.97 Å². The molecule has 21 heavy (non-hydrogen) atoms. The van der Waals surface area contributed by atoms with Gasteiger partial charge in [0.2, 0.25) is 0 Å². The Labute approximate surface area is 145 Å². The van der Waals surface area contributed by atoms with E-state index in [-0.39, 0.29) is 5.38 Å². The maximum Gasteiger partial charge on any atom is 0.164 e. The topological polar surface area (TPSA) is 30.7 Å². The molecule has 0 radical (unpaired) electrons. The molecule has 0 aliphatic heterocycles. The Bertz CT molecular complexity index is 830. The molecule has 0 spiro atoms. The third-order valence-corrected chi connectivity index (χ3v) is 5.01. The molecule has 0 bridgehead atoms. The molecule has 3 nitrogen and oxygen atoms in total. The molecule has 7 heteroatoms. The summed E-state index contributed by atoms with van der Waals surface area (Å²) in [6.45, 7) is 1.85. The highest BCUT2D eigenvalue weighted by molar-refractivity contribution is 9.10. The molecule has 2 aromatic heterocycles. The Morgan fingerprint density at radius 2 is 1.95 bits per heavy atom. The van der Waals surface area contributed by atoms with E-state index in [0.29, 0.717) is 27.2 Å². The van der Waals surface area contributed by atoms with Crippen molar-refractivity contribution in [3.8, 4) is 5.69 Å². The number of fused-ring (bicyclic) bond motifs is 1. The molecule has 0 fully saturated rings. The fourth-order valence-electron chi connectivity index (χ4n) is 2.12. The first-order chi connectivity index (χ1) is 10.0. The highest BCUT2D eigenvalue weighted by Crippen LogP contribution is 2.37. The minimum absolute atomic E-state index is 0.294. The van der Waals surface area contributed by atoms with Gasteiger partial charge in [-0.05, 0) is 47.1 Å². The van der Waals surface area contributed by atoms with Crippen LogP contribution in [-0.4, -0.2) is 14.5 Å². The van der Waals surface area contributed by atoms with Crippen LogP contribution in [0.3, 0.4) is 0 Å². The SMILES string of the molecule is CC(Cl)c1nc2cccnc2n1-c1ccc(Br)c(Cl)c1Cl. The molecule has 0 aliphatic carbocycles. The Kier molecular flexibility index (Phi) is 4.14. The first kappa shape index (κ1) is 15.1. The number of hydrogen-bond acceptors (Lipinski definition) is 2. The molecule has 1 atom stereocenters. The lowest BCUT2D eigenvalue weighted by molar-refractivity contribution is 0.877. The molecular weight excluding hydrogens is 396 g/mol. The Morgan fingerprint density at radius 1 is 1.19 bits per heavy atom. The summed E-state index contributed by atoms with van der Waals surface area (Å²) < 4.78 is 2.57. The average molecular weight is 406 g/mol. The first-order valence-electron chi connectivity index (χ1n) is 6.12. The summed E-state index contributed by atoms with van der Waals surface area (Å²) in [5, 5.41) is 0.576. The Balaban J connectivity index is 2.39. The second kappa shape index (κ2) is 5.76. The highest BCUT2D eigenvalue weighted by Gasteiger charge is 2.20. The van der Waals surface area contributed by atoms with Crippen LogP contribution in [0.5, 0.6) is 0 Å². The minimum atomic E-state index is -0.294. The van der Waals surface area contributed by atoms with E-state index in [1.165, 1.54) is 0 Å². The smallest absolute Gasteiger partial charge is 0.164 e. The summed E-state index contributed by atoms with van der Waals surface area (Å²) in [4.78, 5) is 8.92. The van der Waals surface area contributed by atoms with Crippen molar-refractivity contribution in [3.63, 3.8) is 0 Å². The largest absolute Gasteiger partial charge is 0.278 e. The molecule has 0 amide bonds. The zero-order valence-electron chi connectivity index (χ0n) is 10.8. The van der Waals surface area contributed by atoms with Crippen molar-refractivity contribution in [1.82, 2.24) is 14.5 Å². The lowest BCUT2D eigenvalue weighted by atomic mass is 10.3. The monoisotopic (exact) mass is 403 g/mol. The summed E-state index contributed by atoms with van der Waals surface area (Å²) >= 11 is 22.2. The number of halogens is 4. The van der Waals surface area contributed by atoms with Crippen molar-refractivity contribution in [2.45, 2.75) is 12.3 Å². The van der Waals surface area contributed by atoms with Crippen LogP contribution in [-0.2, 0) is 0 Å². The second-order valence-corrected chi connectivity index (χ2v) is 6.73. The van der Waals surface area contributed by atoms with Crippen LogP contribution in [0.1, 0.15) is 18.1 Å². The Hall–Kier alpha value is -0.810. The van der Waals surface area contributed by atoms with E-state index in [9.17, 15) is 0 Å². The third-order valence-electron chi connectivity index (χ3n) is 3.05. The zero-order chi connectivity index (χ0) is 15.1. The van der Waals surface area contributed by atoms with Crippen LogP contribution in [0, 0.1) is 0 Å². The molecule has 0 saturated carbocycles.